The molecule has 17 heavy (non-hydrogen) atoms. The highest BCUT2D eigenvalue weighted by Crippen LogP contribution is 2.35. The minimum absolute atomic E-state index is 0.0927. The Morgan fingerprint density at radius 2 is 2.00 bits per heavy atom. The zero-order valence-electron chi connectivity index (χ0n) is 9.01. The van der Waals surface area contributed by atoms with Crippen LogP contribution in [0.15, 0.2) is 22.7 Å². The van der Waals surface area contributed by atoms with Crippen LogP contribution in [0.1, 0.15) is 15.9 Å². The monoisotopic (exact) mass is 311 g/mol. The van der Waals surface area contributed by atoms with Gasteiger partial charge in [-0.2, -0.15) is 13.2 Å². The van der Waals surface area contributed by atoms with Gasteiger partial charge in [-0.25, -0.2) is 5.06 Å². The van der Waals surface area contributed by atoms with Crippen molar-refractivity contribution in [3.05, 3.63) is 33.8 Å². The molecule has 0 aliphatic rings. The summed E-state index contributed by atoms with van der Waals surface area (Å²) in [6.07, 6.45) is -4.51. The van der Waals surface area contributed by atoms with Crippen LogP contribution in [0.5, 0.6) is 0 Å². The van der Waals surface area contributed by atoms with Crippen molar-refractivity contribution in [3.63, 3.8) is 0 Å². The van der Waals surface area contributed by atoms with Gasteiger partial charge < -0.3 is 0 Å². The number of carbonyl (C=O) groups is 1. The van der Waals surface area contributed by atoms with E-state index in [2.05, 4.69) is 20.8 Å². The lowest BCUT2D eigenvalue weighted by Crippen LogP contribution is -2.25. The van der Waals surface area contributed by atoms with E-state index in [9.17, 15) is 18.0 Å². The maximum absolute atomic E-state index is 12.6. The van der Waals surface area contributed by atoms with Crippen LogP contribution in [0, 0.1) is 0 Å². The summed E-state index contributed by atoms with van der Waals surface area (Å²) in [5, 5.41) is 0.851. The highest BCUT2D eigenvalue weighted by Gasteiger charge is 2.33. The van der Waals surface area contributed by atoms with Gasteiger partial charge in [-0.05, 0) is 18.2 Å². The van der Waals surface area contributed by atoms with Gasteiger partial charge in [0.25, 0.3) is 5.91 Å². The van der Waals surface area contributed by atoms with E-state index in [1.54, 1.807) is 0 Å². The Morgan fingerprint density at radius 1 is 1.41 bits per heavy atom. The Morgan fingerprint density at radius 3 is 2.47 bits per heavy atom. The highest BCUT2D eigenvalue weighted by atomic mass is 79.9. The van der Waals surface area contributed by atoms with Crippen molar-refractivity contribution in [1.82, 2.24) is 5.06 Å². The Kier molecular flexibility index (Phi) is 4.16. The van der Waals surface area contributed by atoms with Gasteiger partial charge in [0, 0.05) is 17.1 Å². The van der Waals surface area contributed by atoms with Gasteiger partial charge in [0.2, 0.25) is 0 Å². The van der Waals surface area contributed by atoms with Crippen molar-refractivity contribution < 1.29 is 22.8 Å². The van der Waals surface area contributed by atoms with Crippen LogP contribution in [-0.2, 0) is 11.0 Å². The van der Waals surface area contributed by atoms with Crippen molar-refractivity contribution in [2.24, 2.45) is 0 Å². The second kappa shape index (κ2) is 5.05. The number of hydrogen-bond donors (Lipinski definition) is 0. The minimum Gasteiger partial charge on any atom is -0.274 e. The first-order valence-electron chi connectivity index (χ1n) is 4.46. The maximum atomic E-state index is 12.6. The number of halogens is 4. The van der Waals surface area contributed by atoms with Crippen molar-refractivity contribution in [1.29, 1.82) is 0 Å². The molecule has 1 aromatic rings. The molecule has 0 aliphatic carbocycles. The summed E-state index contributed by atoms with van der Waals surface area (Å²) in [7, 11) is 2.57. The van der Waals surface area contributed by atoms with E-state index in [0.29, 0.717) is 0 Å². The average Bonchev–Trinajstić information content (AvgIpc) is 2.26. The first-order chi connectivity index (χ1) is 7.77. The molecule has 0 fully saturated rings. The fourth-order valence-corrected chi connectivity index (χ4v) is 1.61. The molecule has 0 radical (unpaired) electrons. The molecule has 0 N–H and O–H groups in total. The fraction of sp³-hybridized carbons (Fsp3) is 0.300. The van der Waals surface area contributed by atoms with Crippen LogP contribution in [0.4, 0.5) is 13.2 Å². The van der Waals surface area contributed by atoms with E-state index in [1.807, 2.05) is 0 Å². The molecule has 1 amide bonds. The molecule has 0 spiro atoms. The summed E-state index contributed by atoms with van der Waals surface area (Å²) in [4.78, 5) is 16.2. The third-order valence-electron chi connectivity index (χ3n) is 2.08. The molecule has 1 rings (SSSR count). The van der Waals surface area contributed by atoms with Crippen LogP contribution in [-0.4, -0.2) is 25.1 Å². The average molecular weight is 312 g/mol. The van der Waals surface area contributed by atoms with Crippen LogP contribution in [0.25, 0.3) is 0 Å². The van der Waals surface area contributed by atoms with Gasteiger partial charge in [0.15, 0.2) is 0 Å². The van der Waals surface area contributed by atoms with Gasteiger partial charge in [0.05, 0.1) is 12.7 Å². The topological polar surface area (TPSA) is 29.5 Å². The van der Waals surface area contributed by atoms with E-state index >= 15 is 0 Å². The SMILES string of the molecule is CON(C)C(=O)c1ccc(Br)c(C(F)(F)F)c1. The van der Waals surface area contributed by atoms with Gasteiger partial charge in [-0.1, -0.05) is 15.9 Å². The van der Waals surface area contributed by atoms with Crippen LogP contribution in [0.3, 0.4) is 0 Å². The highest BCUT2D eigenvalue weighted by molar-refractivity contribution is 9.10. The standard InChI is InChI=1S/C10H9BrF3NO2/c1-15(17-2)9(16)6-3-4-8(11)7(5-6)10(12,13)14/h3-5H,1-2H3. The lowest BCUT2D eigenvalue weighted by Gasteiger charge is -2.15. The fourth-order valence-electron chi connectivity index (χ4n) is 1.14. The summed E-state index contributed by atoms with van der Waals surface area (Å²) in [6, 6.07) is 3.25. The first-order valence-corrected chi connectivity index (χ1v) is 5.25. The number of carbonyl (C=O) groups excluding carboxylic acids is 1. The van der Waals surface area contributed by atoms with E-state index in [0.717, 1.165) is 11.1 Å². The summed E-state index contributed by atoms with van der Waals surface area (Å²) in [5.41, 5.74) is -0.988. The normalized spacial score (nSPS) is 11.4. The van der Waals surface area contributed by atoms with Crippen molar-refractivity contribution >= 4 is 21.8 Å². The predicted octanol–water partition coefficient (Wildman–Crippen LogP) is 3.10. The summed E-state index contributed by atoms with van der Waals surface area (Å²) >= 11 is 2.79. The van der Waals surface area contributed by atoms with Gasteiger partial charge in [-0.3, -0.25) is 9.63 Å². The Hall–Kier alpha value is -1.08. The number of amides is 1. The zero-order chi connectivity index (χ0) is 13.2. The summed E-state index contributed by atoms with van der Waals surface area (Å²) in [5.74, 6) is -0.648. The van der Waals surface area contributed by atoms with Crippen molar-refractivity contribution in [2.45, 2.75) is 6.18 Å². The van der Waals surface area contributed by atoms with Crippen molar-refractivity contribution in [2.75, 3.05) is 14.2 Å². The van der Waals surface area contributed by atoms with Crippen LogP contribution >= 0.6 is 15.9 Å². The third-order valence-corrected chi connectivity index (χ3v) is 2.77. The minimum atomic E-state index is -4.51. The Bertz CT molecular complexity index is 434. The van der Waals surface area contributed by atoms with E-state index in [4.69, 9.17) is 0 Å². The first kappa shape index (κ1) is 14.0. The molecular formula is C10H9BrF3NO2. The molecule has 1 aromatic carbocycles. The van der Waals surface area contributed by atoms with Crippen molar-refractivity contribution in [3.8, 4) is 0 Å². The smallest absolute Gasteiger partial charge is 0.274 e. The van der Waals surface area contributed by atoms with Crippen LogP contribution < -0.4 is 0 Å². The molecule has 0 saturated carbocycles. The summed E-state index contributed by atoms with van der Waals surface area (Å²) < 4.78 is 37.7. The second-order valence-electron chi connectivity index (χ2n) is 3.18. The summed E-state index contributed by atoms with van der Waals surface area (Å²) in [6.45, 7) is 0. The molecule has 0 heterocycles. The Labute approximate surface area is 104 Å². The second-order valence-corrected chi connectivity index (χ2v) is 4.03. The van der Waals surface area contributed by atoms with E-state index < -0.39 is 17.6 Å². The molecule has 0 aromatic heterocycles. The number of rotatable bonds is 2. The number of benzene rings is 1. The van der Waals surface area contributed by atoms with Crippen LogP contribution in [0.2, 0.25) is 0 Å². The molecule has 0 bridgehead atoms. The predicted molar refractivity (Wildman–Crippen MR) is 58.2 cm³/mol. The van der Waals surface area contributed by atoms with Gasteiger partial charge in [-0.15, -0.1) is 0 Å². The lowest BCUT2D eigenvalue weighted by atomic mass is 10.1. The molecular weight excluding hydrogens is 303 g/mol. The molecule has 94 valence electrons. The van der Waals surface area contributed by atoms with Gasteiger partial charge in [0.1, 0.15) is 0 Å². The molecule has 3 nitrogen and oxygen atoms in total. The van der Waals surface area contributed by atoms with Gasteiger partial charge >= 0.3 is 6.18 Å². The molecule has 0 aliphatic heterocycles. The largest absolute Gasteiger partial charge is 0.417 e. The molecule has 0 atom stereocenters. The number of alkyl halides is 3. The maximum Gasteiger partial charge on any atom is 0.417 e. The lowest BCUT2D eigenvalue weighted by molar-refractivity contribution is -0.138. The molecule has 7 heteroatoms. The quantitative estimate of drug-likeness (QED) is 0.785. The number of nitrogens with zero attached hydrogens (tertiary/aromatic N) is 1. The number of hydroxylamine groups is 2. The Balaban J connectivity index is 3.18. The number of hydrogen-bond acceptors (Lipinski definition) is 2. The molecule has 0 unspecified atom stereocenters. The van der Waals surface area contributed by atoms with E-state index in [-0.39, 0.29) is 10.0 Å². The zero-order valence-corrected chi connectivity index (χ0v) is 10.6. The molecule has 0 saturated heterocycles. The third kappa shape index (κ3) is 3.19. The van der Waals surface area contributed by atoms with E-state index in [1.165, 1.54) is 26.3 Å².